The summed E-state index contributed by atoms with van der Waals surface area (Å²) in [6.07, 6.45) is 1.45. The minimum Gasteiger partial charge on any atom is -0.507 e. The summed E-state index contributed by atoms with van der Waals surface area (Å²) in [5.74, 6) is -0.776. The highest BCUT2D eigenvalue weighted by Crippen LogP contribution is 2.20. The first-order valence-electron chi connectivity index (χ1n) is 4.01. The number of ether oxygens (including phenoxy) is 1. The average Bonchev–Trinajstić information content (AvgIpc) is 2.14. The molecule has 4 heteroatoms. The molecule has 0 bridgehead atoms. The van der Waals surface area contributed by atoms with Crippen molar-refractivity contribution < 1.29 is 14.6 Å². The molecular weight excluding hydrogens is 182 g/mol. The molecule has 1 aromatic rings. The predicted octanol–water partition coefficient (Wildman–Crippen LogP) is 1.32. The van der Waals surface area contributed by atoms with Crippen LogP contribution in [0.1, 0.15) is 10.4 Å². The van der Waals surface area contributed by atoms with Gasteiger partial charge in [0.2, 0.25) is 0 Å². The third-order valence-electron chi connectivity index (χ3n) is 1.57. The van der Waals surface area contributed by atoms with Gasteiger partial charge in [-0.3, -0.25) is 0 Å². The van der Waals surface area contributed by atoms with E-state index in [-0.39, 0.29) is 17.9 Å². The molecule has 0 aliphatic carbocycles. The second kappa shape index (κ2) is 4.32. The van der Waals surface area contributed by atoms with Gasteiger partial charge in [-0.25, -0.2) is 4.79 Å². The number of hydrogen-bond donors (Lipinski definition) is 2. The maximum absolute atomic E-state index is 11.3. The summed E-state index contributed by atoms with van der Waals surface area (Å²) >= 11 is 0. The molecule has 0 aromatic heterocycles. The van der Waals surface area contributed by atoms with Crippen molar-refractivity contribution in [3.63, 3.8) is 0 Å². The van der Waals surface area contributed by atoms with Crippen LogP contribution in [0.25, 0.3) is 0 Å². The molecule has 14 heavy (non-hydrogen) atoms. The minimum absolute atomic E-state index is 0.0982. The van der Waals surface area contributed by atoms with E-state index in [1.807, 2.05) is 0 Å². The molecule has 0 atom stereocenters. The van der Waals surface area contributed by atoms with E-state index in [1.165, 1.54) is 24.3 Å². The molecule has 0 unspecified atom stereocenters. The molecule has 0 heterocycles. The van der Waals surface area contributed by atoms with E-state index in [0.717, 1.165) is 0 Å². The van der Waals surface area contributed by atoms with Crippen molar-refractivity contribution in [2.24, 2.45) is 0 Å². The van der Waals surface area contributed by atoms with Crippen molar-refractivity contribution in [3.8, 4) is 5.75 Å². The predicted molar refractivity (Wildman–Crippen MR) is 53.0 cm³/mol. The van der Waals surface area contributed by atoms with E-state index in [4.69, 9.17) is 10.5 Å². The molecule has 0 saturated carbocycles. The number of phenolic OH excluding ortho intramolecular Hbond substituents is 1. The fraction of sp³-hybridized carbons (Fsp3) is 0.100. The summed E-state index contributed by atoms with van der Waals surface area (Å²) in [5.41, 5.74) is 5.89. The molecule has 4 nitrogen and oxygen atoms in total. The molecule has 0 aliphatic heterocycles. The van der Waals surface area contributed by atoms with E-state index in [2.05, 4.69) is 6.58 Å². The standard InChI is InChI=1S/C10H11NO3/c1-2-5-14-10(13)8-4-3-7(11)6-9(8)12/h2-4,6,12H,1,5,11H2. The lowest BCUT2D eigenvalue weighted by Crippen LogP contribution is -2.05. The normalized spacial score (nSPS) is 9.43. The first-order chi connectivity index (χ1) is 6.65. The van der Waals surface area contributed by atoms with E-state index in [1.54, 1.807) is 0 Å². The Morgan fingerprint density at radius 2 is 2.36 bits per heavy atom. The maximum Gasteiger partial charge on any atom is 0.342 e. The quantitative estimate of drug-likeness (QED) is 0.431. The Hall–Kier alpha value is -1.97. The average molecular weight is 193 g/mol. The molecule has 1 rings (SSSR count). The molecular formula is C10H11NO3. The van der Waals surface area contributed by atoms with Gasteiger partial charge < -0.3 is 15.6 Å². The molecule has 0 saturated heterocycles. The number of anilines is 1. The summed E-state index contributed by atoms with van der Waals surface area (Å²) < 4.78 is 4.74. The highest BCUT2D eigenvalue weighted by Gasteiger charge is 2.11. The van der Waals surface area contributed by atoms with Crippen molar-refractivity contribution >= 4 is 11.7 Å². The van der Waals surface area contributed by atoms with Crippen LogP contribution in [0.2, 0.25) is 0 Å². The maximum atomic E-state index is 11.3. The van der Waals surface area contributed by atoms with Gasteiger partial charge in [-0.05, 0) is 12.1 Å². The summed E-state index contributed by atoms with van der Waals surface area (Å²) in [6, 6.07) is 4.23. The molecule has 0 amide bonds. The second-order valence-corrected chi connectivity index (χ2v) is 2.66. The molecule has 74 valence electrons. The topological polar surface area (TPSA) is 72.5 Å². The zero-order valence-corrected chi connectivity index (χ0v) is 7.56. The lowest BCUT2D eigenvalue weighted by molar-refractivity contribution is 0.0546. The number of phenols is 1. The van der Waals surface area contributed by atoms with Crippen molar-refractivity contribution in [2.75, 3.05) is 12.3 Å². The van der Waals surface area contributed by atoms with Gasteiger partial charge in [0.05, 0.1) is 0 Å². The zero-order chi connectivity index (χ0) is 10.6. The van der Waals surface area contributed by atoms with Crippen molar-refractivity contribution in [2.45, 2.75) is 0 Å². The zero-order valence-electron chi connectivity index (χ0n) is 7.56. The lowest BCUT2D eigenvalue weighted by Gasteiger charge is -2.04. The highest BCUT2D eigenvalue weighted by atomic mass is 16.5. The number of benzene rings is 1. The van der Waals surface area contributed by atoms with Gasteiger partial charge in [-0.2, -0.15) is 0 Å². The Bertz CT molecular complexity index is 360. The number of hydrogen-bond acceptors (Lipinski definition) is 4. The number of nitrogen functional groups attached to an aromatic ring is 1. The van der Waals surface area contributed by atoms with Crippen molar-refractivity contribution in [1.29, 1.82) is 0 Å². The Kier molecular flexibility index (Phi) is 3.12. The van der Waals surface area contributed by atoms with Gasteiger partial charge in [0.25, 0.3) is 0 Å². The van der Waals surface area contributed by atoms with Gasteiger partial charge in [0.15, 0.2) is 0 Å². The van der Waals surface area contributed by atoms with Crippen LogP contribution in [0.15, 0.2) is 30.9 Å². The van der Waals surface area contributed by atoms with E-state index >= 15 is 0 Å². The molecule has 1 aromatic carbocycles. The van der Waals surface area contributed by atoms with Crippen LogP contribution in [0.4, 0.5) is 5.69 Å². The Labute approximate surface area is 81.6 Å². The SMILES string of the molecule is C=CCOC(=O)c1ccc(N)cc1O. The molecule has 0 radical (unpaired) electrons. The number of rotatable bonds is 3. The van der Waals surface area contributed by atoms with Crippen LogP contribution >= 0.6 is 0 Å². The van der Waals surface area contributed by atoms with Gasteiger partial charge in [-0.15, -0.1) is 0 Å². The molecule has 3 N–H and O–H groups in total. The monoisotopic (exact) mass is 193 g/mol. The lowest BCUT2D eigenvalue weighted by atomic mass is 10.2. The molecule has 0 fully saturated rings. The number of aromatic hydroxyl groups is 1. The first-order valence-corrected chi connectivity index (χ1v) is 4.01. The number of carbonyl (C=O) groups excluding carboxylic acids is 1. The van der Waals surface area contributed by atoms with Gasteiger partial charge in [0.1, 0.15) is 17.9 Å². The van der Waals surface area contributed by atoms with Gasteiger partial charge in [0, 0.05) is 11.8 Å². The van der Waals surface area contributed by atoms with Crippen LogP contribution < -0.4 is 5.73 Å². The van der Waals surface area contributed by atoms with Crippen LogP contribution in [-0.4, -0.2) is 17.7 Å². The minimum atomic E-state index is -0.595. The van der Waals surface area contributed by atoms with Crippen LogP contribution in [0.3, 0.4) is 0 Å². The third-order valence-corrected chi connectivity index (χ3v) is 1.57. The number of nitrogens with two attached hydrogens (primary N) is 1. The van der Waals surface area contributed by atoms with E-state index in [0.29, 0.717) is 5.69 Å². The molecule has 0 aliphatic rings. The van der Waals surface area contributed by atoms with Crippen LogP contribution in [0.5, 0.6) is 5.75 Å². The second-order valence-electron chi connectivity index (χ2n) is 2.66. The molecule has 0 spiro atoms. The van der Waals surface area contributed by atoms with Crippen LogP contribution in [0, 0.1) is 0 Å². The highest BCUT2D eigenvalue weighted by molar-refractivity contribution is 5.92. The fourth-order valence-corrected chi connectivity index (χ4v) is 0.934. The Morgan fingerprint density at radius 1 is 1.64 bits per heavy atom. The van der Waals surface area contributed by atoms with Gasteiger partial charge in [-0.1, -0.05) is 12.7 Å². The van der Waals surface area contributed by atoms with E-state index < -0.39 is 5.97 Å². The van der Waals surface area contributed by atoms with E-state index in [9.17, 15) is 9.90 Å². The largest absolute Gasteiger partial charge is 0.507 e. The van der Waals surface area contributed by atoms with Gasteiger partial charge >= 0.3 is 5.97 Å². The first kappa shape index (κ1) is 10.1. The van der Waals surface area contributed by atoms with Crippen LogP contribution in [-0.2, 0) is 4.74 Å². The van der Waals surface area contributed by atoms with Crippen molar-refractivity contribution in [3.05, 3.63) is 36.4 Å². The summed E-state index contributed by atoms with van der Waals surface area (Å²) in [7, 11) is 0. The fourth-order valence-electron chi connectivity index (χ4n) is 0.934. The summed E-state index contributed by atoms with van der Waals surface area (Å²) in [5, 5.41) is 9.35. The summed E-state index contributed by atoms with van der Waals surface area (Å²) in [6.45, 7) is 3.52. The Balaban J connectivity index is 2.84. The number of carbonyl (C=O) groups is 1. The Morgan fingerprint density at radius 3 is 2.93 bits per heavy atom. The smallest absolute Gasteiger partial charge is 0.342 e. The third kappa shape index (κ3) is 2.26. The number of esters is 1. The summed E-state index contributed by atoms with van der Waals surface area (Å²) in [4.78, 5) is 11.3. The van der Waals surface area contributed by atoms with Crippen molar-refractivity contribution in [1.82, 2.24) is 0 Å².